The lowest BCUT2D eigenvalue weighted by atomic mass is 10.1. The number of hydrazone groups is 1. The quantitative estimate of drug-likeness (QED) is 0.173. The third-order valence-corrected chi connectivity index (χ3v) is 5.97. The van der Waals surface area contributed by atoms with Crippen molar-refractivity contribution < 1.29 is 23.7 Å². The zero-order chi connectivity index (χ0) is 26.9. The molecule has 0 aliphatic carbocycles. The lowest BCUT2D eigenvalue weighted by Gasteiger charge is -2.14. The van der Waals surface area contributed by atoms with Crippen molar-refractivity contribution >= 4 is 34.5 Å². The number of halogens is 1. The minimum Gasteiger partial charge on any atom is -0.493 e. The van der Waals surface area contributed by atoms with Crippen molar-refractivity contribution in [2.45, 2.75) is 20.5 Å². The van der Waals surface area contributed by atoms with Crippen LogP contribution in [0.4, 0.5) is 0 Å². The maximum atomic E-state index is 12.6. The monoisotopic (exact) mass is 532 g/mol. The van der Waals surface area contributed by atoms with E-state index >= 15 is 0 Å². The fourth-order valence-corrected chi connectivity index (χ4v) is 4.22. The van der Waals surface area contributed by atoms with Gasteiger partial charge in [0.2, 0.25) is 0 Å². The van der Waals surface area contributed by atoms with Gasteiger partial charge in [-0.1, -0.05) is 54.1 Å². The summed E-state index contributed by atoms with van der Waals surface area (Å²) in [4.78, 5) is 12.6. The number of nitrogens with zero attached hydrogens (tertiary/aromatic N) is 1. The molecule has 38 heavy (non-hydrogen) atoms. The van der Waals surface area contributed by atoms with E-state index in [4.69, 9.17) is 30.5 Å². The van der Waals surface area contributed by atoms with Gasteiger partial charge in [-0.05, 0) is 66.1 Å². The third kappa shape index (κ3) is 6.36. The number of hydrogen-bond acceptors (Lipinski definition) is 6. The number of fused-ring (bicyclic) bond motifs is 1. The van der Waals surface area contributed by atoms with Gasteiger partial charge in [0, 0.05) is 5.56 Å². The molecule has 4 rings (SSSR count). The molecule has 0 spiro atoms. The van der Waals surface area contributed by atoms with Crippen molar-refractivity contribution in [2.75, 3.05) is 20.3 Å². The van der Waals surface area contributed by atoms with Crippen LogP contribution in [0.25, 0.3) is 10.8 Å². The smallest absolute Gasteiger partial charge is 0.271 e. The average Bonchev–Trinajstić information content (AvgIpc) is 2.93. The van der Waals surface area contributed by atoms with Crippen molar-refractivity contribution in [3.8, 4) is 23.0 Å². The third-order valence-electron chi connectivity index (χ3n) is 5.69. The van der Waals surface area contributed by atoms with E-state index in [1.165, 1.54) is 6.21 Å². The lowest BCUT2D eigenvalue weighted by molar-refractivity contribution is 0.0954. The van der Waals surface area contributed by atoms with Crippen LogP contribution in [0.3, 0.4) is 0 Å². The van der Waals surface area contributed by atoms with Crippen LogP contribution in [0.15, 0.2) is 77.9 Å². The van der Waals surface area contributed by atoms with Crippen LogP contribution < -0.4 is 24.4 Å². The normalized spacial score (nSPS) is 10.9. The molecule has 0 atom stereocenters. The van der Waals surface area contributed by atoms with Crippen LogP contribution in [0.1, 0.15) is 35.3 Å². The van der Waals surface area contributed by atoms with Crippen molar-refractivity contribution in [1.82, 2.24) is 5.43 Å². The van der Waals surface area contributed by atoms with E-state index in [-0.39, 0.29) is 0 Å². The van der Waals surface area contributed by atoms with E-state index in [2.05, 4.69) is 28.7 Å². The maximum Gasteiger partial charge on any atom is 0.271 e. The zero-order valence-corrected chi connectivity index (χ0v) is 22.2. The van der Waals surface area contributed by atoms with E-state index in [1.807, 2.05) is 38.1 Å². The summed E-state index contributed by atoms with van der Waals surface area (Å²) in [7, 11) is 1.54. The number of benzene rings is 4. The van der Waals surface area contributed by atoms with Crippen molar-refractivity contribution in [3.05, 3.63) is 94.5 Å². The molecular formula is C30H29ClN2O5. The minimum atomic E-state index is -0.390. The molecule has 4 aromatic rings. The largest absolute Gasteiger partial charge is 0.493 e. The SMILES string of the molecule is CCOc1ccc(C(=O)N/N=C/c2cc(Cl)c(OCc3cccc4ccccc34)c(OC)c2)cc1OCC. The van der Waals surface area contributed by atoms with Gasteiger partial charge in [0.25, 0.3) is 5.91 Å². The van der Waals surface area contributed by atoms with Gasteiger partial charge in [0.1, 0.15) is 6.61 Å². The summed E-state index contributed by atoms with van der Waals surface area (Å²) in [6, 6.07) is 22.6. The second kappa shape index (κ2) is 12.8. The van der Waals surface area contributed by atoms with Crippen LogP contribution in [0.2, 0.25) is 5.02 Å². The molecule has 0 radical (unpaired) electrons. The van der Waals surface area contributed by atoms with Crippen LogP contribution in [0.5, 0.6) is 23.0 Å². The van der Waals surface area contributed by atoms with E-state index in [0.717, 1.165) is 16.3 Å². The van der Waals surface area contributed by atoms with E-state index < -0.39 is 5.91 Å². The molecule has 1 N–H and O–H groups in total. The molecule has 0 heterocycles. The minimum absolute atomic E-state index is 0.326. The molecule has 0 fully saturated rings. The maximum absolute atomic E-state index is 12.6. The van der Waals surface area contributed by atoms with Gasteiger partial charge in [0.15, 0.2) is 23.0 Å². The molecule has 0 aliphatic rings. The molecule has 0 saturated carbocycles. The first-order valence-electron chi connectivity index (χ1n) is 12.2. The number of ether oxygens (including phenoxy) is 4. The summed E-state index contributed by atoms with van der Waals surface area (Å²) in [5.41, 5.74) is 4.58. The highest BCUT2D eigenvalue weighted by Crippen LogP contribution is 2.37. The number of amides is 1. The number of nitrogens with one attached hydrogen (secondary N) is 1. The Hall–Kier alpha value is -4.23. The van der Waals surface area contributed by atoms with Crippen molar-refractivity contribution in [3.63, 3.8) is 0 Å². The van der Waals surface area contributed by atoms with Crippen LogP contribution in [0, 0.1) is 0 Å². The van der Waals surface area contributed by atoms with Crippen LogP contribution >= 0.6 is 11.6 Å². The van der Waals surface area contributed by atoms with Gasteiger partial charge in [-0.2, -0.15) is 5.10 Å². The Bertz CT molecular complexity index is 1450. The van der Waals surface area contributed by atoms with Gasteiger partial charge in [-0.25, -0.2) is 5.43 Å². The van der Waals surface area contributed by atoms with Crippen molar-refractivity contribution in [1.29, 1.82) is 0 Å². The number of hydrogen-bond donors (Lipinski definition) is 1. The summed E-state index contributed by atoms with van der Waals surface area (Å²) in [5.74, 6) is 1.58. The Balaban J connectivity index is 1.45. The van der Waals surface area contributed by atoms with E-state index in [0.29, 0.717) is 59.0 Å². The first-order chi connectivity index (χ1) is 18.5. The molecule has 0 unspecified atom stereocenters. The molecule has 1 amide bonds. The second-order valence-electron chi connectivity index (χ2n) is 8.19. The summed E-state index contributed by atoms with van der Waals surface area (Å²) in [6.07, 6.45) is 1.48. The highest BCUT2D eigenvalue weighted by atomic mass is 35.5. The summed E-state index contributed by atoms with van der Waals surface area (Å²) >= 11 is 6.54. The molecular weight excluding hydrogens is 504 g/mol. The topological polar surface area (TPSA) is 78.4 Å². The molecule has 0 bridgehead atoms. The fraction of sp³-hybridized carbons (Fsp3) is 0.200. The van der Waals surface area contributed by atoms with Gasteiger partial charge >= 0.3 is 0 Å². The first kappa shape index (κ1) is 26.8. The van der Waals surface area contributed by atoms with E-state index in [1.54, 1.807) is 37.4 Å². The molecule has 0 saturated heterocycles. The molecule has 7 nitrogen and oxygen atoms in total. The number of methoxy groups -OCH3 is 1. The fourth-order valence-electron chi connectivity index (χ4n) is 3.95. The van der Waals surface area contributed by atoms with Crippen molar-refractivity contribution in [2.24, 2.45) is 5.10 Å². The van der Waals surface area contributed by atoms with Crippen LogP contribution in [-0.4, -0.2) is 32.4 Å². The van der Waals surface area contributed by atoms with Gasteiger partial charge < -0.3 is 18.9 Å². The van der Waals surface area contributed by atoms with Gasteiger partial charge in [0.05, 0.1) is 31.6 Å². The van der Waals surface area contributed by atoms with Gasteiger partial charge in [-0.3, -0.25) is 4.79 Å². The Labute approximate surface area is 226 Å². The number of carbonyl (C=O) groups is 1. The molecule has 0 aliphatic heterocycles. The average molecular weight is 533 g/mol. The Morgan fingerprint density at radius 3 is 2.45 bits per heavy atom. The summed E-state index contributed by atoms with van der Waals surface area (Å²) in [6.45, 7) is 5.03. The number of rotatable bonds is 11. The zero-order valence-electron chi connectivity index (χ0n) is 21.5. The summed E-state index contributed by atoms with van der Waals surface area (Å²) in [5, 5.41) is 6.70. The highest BCUT2D eigenvalue weighted by Gasteiger charge is 2.14. The molecule has 4 aromatic carbocycles. The van der Waals surface area contributed by atoms with Crippen LogP contribution in [-0.2, 0) is 6.61 Å². The molecule has 196 valence electrons. The van der Waals surface area contributed by atoms with E-state index in [9.17, 15) is 4.79 Å². The van der Waals surface area contributed by atoms with Gasteiger partial charge in [-0.15, -0.1) is 0 Å². The molecule has 0 aromatic heterocycles. The number of carbonyl (C=O) groups excluding carboxylic acids is 1. The predicted octanol–water partition coefficient (Wildman–Crippen LogP) is 6.64. The lowest BCUT2D eigenvalue weighted by Crippen LogP contribution is -2.17. The predicted molar refractivity (Wildman–Crippen MR) is 150 cm³/mol. The Kier molecular flexibility index (Phi) is 9.06. The Morgan fingerprint density at radius 2 is 1.66 bits per heavy atom. The first-order valence-corrected chi connectivity index (χ1v) is 12.6. The highest BCUT2D eigenvalue weighted by molar-refractivity contribution is 6.32. The standard InChI is InChI=1S/C30H29ClN2O5/c1-4-36-26-14-13-22(17-27(26)37-5-2)30(34)33-32-18-20-15-25(31)29(28(16-20)35-3)38-19-23-11-8-10-21-9-6-7-12-24(21)23/h6-18H,4-5,19H2,1-3H3,(H,33,34)/b32-18+. The molecule has 8 heteroatoms. The summed E-state index contributed by atoms with van der Waals surface area (Å²) < 4.78 is 22.7. The second-order valence-corrected chi connectivity index (χ2v) is 8.59. The Morgan fingerprint density at radius 1 is 0.895 bits per heavy atom.